The molecule has 3 nitrogen and oxygen atoms in total. The van der Waals surface area contributed by atoms with Gasteiger partial charge in [0.05, 0.1) is 6.54 Å². The zero-order chi connectivity index (χ0) is 16.4. The lowest BCUT2D eigenvalue weighted by atomic mass is 9.91. The van der Waals surface area contributed by atoms with Gasteiger partial charge < -0.3 is 27.5 Å². The molecule has 0 radical (unpaired) electrons. The molecule has 0 aromatic heterocycles. The van der Waals surface area contributed by atoms with Gasteiger partial charge in [-0.1, -0.05) is 12.1 Å². The Bertz CT molecular complexity index is 678. The van der Waals surface area contributed by atoms with Gasteiger partial charge in [0, 0.05) is 12.0 Å². The molecule has 3 atom stereocenters. The summed E-state index contributed by atoms with van der Waals surface area (Å²) >= 11 is 0. The number of aryl methyl sites for hydroxylation is 1. The van der Waals surface area contributed by atoms with Crippen molar-refractivity contribution in [3.63, 3.8) is 0 Å². The Hall–Kier alpha value is -1.62. The second-order valence-corrected chi connectivity index (χ2v) is 6.43. The van der Waals surface area contributed by atoms with Gasteiger partial charge in [-0.2, -0.15) is 0 Å². The normalized spacial score (nSPS) is 22.5. The topological polar surface area (TPSA) is 44.9 Å². The number of phenols is 1. The van der Waals surface area contributed by atoms with Gasteiger partial charge in [-0.05, 0) is 54.8 Å². The van der Waals surface area contributed by atoms with Crippen molar-refractivity contribution in [2.45, 2.75) is 38.5 Å². The van der Waals surface area contributed by atoms with E-state index in [4.69, 9.17) is 0 Å². The molecule has 24 heavy (non-hydrogen) atoms. The van der Waals surface area contributed by atoms with Gasteiger partial charge in [-0.25, -0.2) is 4.39 Å². The predicted octanol–water partition coefficient (Wildman–Crippen LogP) is -1.01. The van der Waals surface area contributed by atoms with Crippen LogP contribution >= 0.6 is 0 Å². The largest absolute Gasteiger partial charge is 1.00 e. The maximum Gasteiger partial charge on any atom is 0.131 e. The number of aliphatic hydroxyl groups excluding tert-OH is 1. The van der Waals surface area contributed by atoms with E-state index in [1.54, 1.807) is 12.1 Å². The van der Waals surface area contributed by atoms with Gasteiger partial charge in [-0.15, -0.1) is 0 Å². The van der Waals surface area contributed by atoms with Crippen LogP contribution in [0, 0.1) is 5.82 Å². The maximum atomic E-state index is 12.9. The first-order chi connectivity index (χ1) is 11.0. The van der Waals surface area contributed by atoms with E-state index in [0.29, 0.717) is 0 Å². The molecule has 0 fully saturated rings. The molecule has 3 unspecified atom stereocenters. The Balaban J connectivity index is 0.00000208. The van der Waals surface area contributed by atoms with E-state index in [1.807, 2.05) is 25.1 Å². The van der Waals surface area contributed by atoms with Gasteiger partial charge in [-0.3, -0.25) is 0 Å². The van der Waals surface area contributed by atoms with E-state index < -0.39 is 6.10 Å². The van der Waals surface area contributed by atoms with E-state index in [1.165, 1.54) is 17.0 Å². The summed E-state index contributed by atoms with van der Waals surface area (Å²) in [6, 6.07) is 12.0. The number of hydrogen-bond acceptors (Lipinski definition) is 2. The quantitative estimate of drug-likeness (QED) is 0.661. The molecule has 1 heterocycles. The molecule has 130 valence electrons. The van der Waals surface area contributed by atoms with Crippen LogP contribution in [-0.4, -0.2) is 22.8 Å². The predicted molar refractivity (Wildman–Crippen MR) is 86.8 cm³/mol. The molecular formula is C19H23ClFNO2. The third-order valence-electron chi connectivity index (χ3n) is 4.86. The molecule has 2 aromatic carbocycles. The highest BCUT2D eigenvalue weighted by Crippen LogP contribution is 2.27. The highest BCUT2D eigenvalue weighted by atomic mass is 35.5. The zero-order valence-electron chi connectivity index (χ0n) is 13.7. The molecule has 3 rings (SSSR count). The molecule has 0 aliphatic carbocycles. The summed E-state index contributed by atoms with van der Waals surface area (Å²) in [4.78, 5) is 1.35. The highest BCUT2D eigenvalue weighted by molar-refractivity contribution is 5.37. The molecule has 0 spiro atoms. The van der Waals surface area contributed by atoms with Crippen molar-refractivity contribution in [3.8, 4) is 5.75 Å². The number of nitrogens with one attached hydrogen (secondary N) is 1. The Labute approximate surface area is 148 Å². The van der Waals surface area contributed by atoms with Crippen molar-refractivity contribution in [2.24, 2.45) is 0 Å². The minimum atomic E-state index is -0.549. The van der Waals surface area contributed by atoms with Gasteiger partial charge >= 0.3 is 0 Å². The molecule has 1 aliphatic heterocycles. The van der Waals surface area contributed by atoms with Crippen LogP contribution in [-0.2, 0) is 13.0 Å². The summed E-state index contributed by atoms with van der Waals surface area (Å²) in [6.45, 7) is 3.86. The third kappa shape index (κ3) is 4.07. The standard InChI is InChI=1S/C19H22FNO2.ClH/c1-13-19(23)18-11-17(22)9-6-15(18)12-21(13)10-2-3-14-4-7-16(20)8-5-14;/h4-9,11,13,19,22-23H,2-3,10,12H2,1H3;1H. The van der Waals surface area contributed by atoms with Crippen LogP contribution in [0.3, 0.4) is 0 Å². The number of rotatable bonds is 4. The van der Waals surface area contributed by atoms with Crippen molar-refractivity contribution in [3.05, 3.63) is 65.0 Å². The molecule has 3 N–H and O–H groups in total. The van der Waals surface area contributed by atoms with Crippen LogP contribution in [0.5, 0.6) is 5.75 Å². The van der Waals surface area contributed by atoms with E-state index in [2.05, 4.69) is 0 Å². The van der Waals surface area contributed by atoms with Crippen molar-refractivity contribution in [2.75, 3.05) is 6.54 Å². The highest BCUT2D eigenvalue weighted by Gasteiger charge is 2.33. The summed E-state index contributed by atoms with van der Waals surface area (Å²) in [6.07, 6.45) is 1.35. The van der Waals surface area contributed by atoms with Crippen molar-refractivity contribution >= 4 is 0 Å². The molecule has 0 amide bonds. The minimum absolute atomic E-state index is 0. The number of hydrogen-bond donors (Lipinski definition) is 3. The molecule has 0 saturated carbocycles. The average molecular weight is 352 g/mol. The minimum Gasteiger partial charge on any atom is -1.00 e. The summed E-state index contributed by atoms with van der Waals surface area (Å²) < 4.78 is 12.9. The van der Waals surface area contributed by atoms with Gasteiger partial charge in [0.2, 0.25) is 0 Å². The van der Waals surface area contributed by atoms with E-state index >= 15 is 0 Å². The number of fused-ring (bicyclic) bond motifs is 1. The number of quaternary nitrogens is 1. The number of aromatic hydroxyl groups is 1. The van der Waals surface area contributed by atoms with Gasteiger partial charge in [0.1, 0.15) is 30.3 Å². The molecule has 5 heteroatoms. The van der Waals surface area contributed by atoms with Gasteiger partial charge in [0.25, 0.3) is 0 Å². The number of halogens is 2. The fourth-order valence-electron chi connectivity index (χ4n) is 3.40. The lowest BCUT2D eigenvalue weighted by molar-refractivity contribution is -0.944. The fourth-order valence-corrected chi connectivity index (χ4v) is 3.40. The van der Waals surface area contributed by atoms with Crippen LogP contribution < -0.4 is 17.3 Å². The van der Waals surface area contributed by atoms with Crippen molar-refractivity contribution in [1.29, 1.82) is 0 Å². The lowest BCUT2D eigenvalue weighted by Gasteiger charge is -2.35. The lowest BCUT2D eigenvalue weighted by Crippen LogP contribution is -3.15. The first kappa shape index (κ1) is 18.7. The van der Waals surface area contributed by atoms with Crippen LogP contribution in [0.1, 0.15) is 36.1 Å². The van der Waals surface area contributed by atoms with Crippen molar-refractivity contribution in [1.82, 2.24) is 0 Å². The summed E-state index contributed by atoms with van der Waals surface area (Å²) in [5.74, 6) is 0.00164. The second-order valence-electron chi connectivity index (χ2n) is 6.43. The Morgan fingerprint density at radius 2 is 1.88 bits per heavy atom. The first-order valence-electron chi connectivity index (χ1n) is 8.13. The monoisotopic (exact) mass is 351 g/mol. The van der Waals surface area contributed by atoms with E-state index in [-0.39, 0.29) is 30.0 Å². The zero-order valence-corrected chi connectivity index (χ0v) is 14.4. The summed E-state index contributed by atoms with van der Waals surface area (Å²) in [7, 11) is 0. The molecule has 0 saturated heterocycles. The Kier molecular flexibility index (Phi) is 6.21. The SMILES string of the molecule is CC1C(O)c2cc(O)ccc2C[NH+]1CCCc1ccc(F)cc1.[Cl-]. The maximum absolute atomic E-state index is 12.9. The summed E-state index contributed by atoms with van der Waals surface area (Å²) in [5.41, 5.74) is 3.09. The third-order valence-corrected chi connectivity index (χ3v) is 4.86. The number of aliphatic hydroxyl groups is 1. The van der Waals surface area contributed by atoms with Crippen molar-refractivity contribution < 1.29 is 31.9 Å². The van der Waals surface area contributed by atoms with Gasteiger partial charge in [0.15, 0.2) is 0 Å². The first-order valence-corrected chi connectivity index (χ1v) is 8.13. The molecule has 1 aliphatic rings. The molecule has 2 aromatic rings. The van der Waals surface area contributed by atoms with Crippen LogP contribution in [0.4, 0.5) is 4.39 Å². The van der Waals surface area contributed by atoms with Crippen LogP contribution in [0.25, 0.3) is 0 Å². The van der Waals surface area contributed by atoms with Crippen LogP contribution in [0.15, 0.2) is 42.5 Å². The molecule has 0 bridgehead atoms. The second kappa shape index (κ2) is 7.97. The fraction of sp³-hybridized carbons (Fsp3) is 0.368. The smallest absolute Gasteiger partial charge is 0.131 e. The Morgan fingerprint density at radius 3 is 2.58 bits per heavy atom. The number of benzene rings is 2. The van der Waals surface area contributed by atoms with Crippen LogP contribution in [0.2, 0.25) is 0 Å². The Morgan fingerprint density at radius 1 is 1.17 bits per heavy atom. The number of phenolic OH excluding ortho intramolecular Hbond substituents is 1. The summed E-state index contributed by atoms with van der Waals surface area (Å²) in [5, 5.41) is 20.1. The molecular weight excluding hydrogens is 329 g/mol. The van der Waals surface area contributed by atoms with E-state index in [0.717, 1.165) is 42.6 Å². The average Bonchev–Trinajstić information content (AvgIpc) is 2.54. The van der Waals surface area contributed by atoms with E-state index in [9.17, 15) is 14.6 Å².